The van der Waals surface area contributed by atoms with Gasteiger partial charge in [-0.2, -0.15) is 0 Å². The number of hydrogen-bond acceptors (Lipinski definition) is 5. The quantitative estimate of drug-likeness (QED) is 0.646. The van der Waals surface area contributed by atoms with E-state index in [1.54, 1.807) is 30.0 Å². The molecule has 0 bridgehead atoms. The first-order chi connectivity index (χ1) is 13.4. The lowest BCUT2D eigenvalue weighted by atomic mass is 10.2. The Hall–Kier alpha value is -2.74. The van der Waals surface area contributed by atoms with Gasteiger partial charge in [0, 0.05) is 13.1 Å². The molecule has 6 nitrogen and oxygen atoms in total. The maximum atomic E-state index is 13.1. The van der Waals surface area contributed by atoms with E-state index in [-0.39, 0.29) is 30.4 Å². The first-order valence-corrected chi connectivity index (χ1v) is 9.84. The molecule has 2 aromatic rings. The third kappa shape index (κ3) is 5.39. The highest BCUT2D eigenvalue weighted by Crippen LogP contribution is 2.03. The Balaban J connectivity index is 2.56. The van der Waals surface area contributed by atoms with Crippen LogP contribution < -0.4 is 14.8 Å². The topological polar surface area (TPSA) is 68.6 Å². The molecule has 1 aromatic carbocycles. The zero-order chi connectivity index (χ0) is 20.7. The maximum Gasteiger partial charge on any atom is 0.333 e. The van der Waals surface area contributed by atoms with E-state index in [1.807, 2.05) is 13.8 Å². The van der Waals surface area contributed by atoms with Gasteiger partial charge in [-0.15, -0.1) is 11.3 Å². The second-order valence-electron chi connectivity index (χ2n) is 5.85. The minimum absolute atomic E-state index is 0.167. The van der Waals surface area contributed by atoms with E-state index in [0.29, 0.717) is 27.8 Å². The Bertz CT molecular complexity index is 1000. The molecule has 0 spiro atoms. The van der Waals surface area contributed by atoms with Crippen LogP contribution in [-0.4, -0.2) is 41.0 Å². The molecule has 0 atom stereocenters. The molecule has 0 radical (unpaired) electrons. The first kappa shape index (κ1) is 21.6. The zero-order valence-electron chi connectivity index (χ0n) is 16.1. The molecule has 28 heavy (non-hydrogen) atoms. The summed E-state index contributed by atoms with van der Waals surface area (Å²) in [5.41, 5.74) is 0.259. The van der Waals surface area contributed by atoms with Crippen molar-refractivity contribution in [2.45, 2.75) is 27.3 Å². The van der Waals surface area contributed by atoms with Gasteiger partial charge in [0.1, 0.15) is 17.0 Å². The van der Waals surface area contributed by atoms with Gasteiger partial charge in [0.2, 0.25) is 5.91 Å². The van der Waals surface area contributed by atoms with Crippen LogP contribution in [-0.2, 0) is 20.9 Å². The molecule has 0 saturated carbocycles. The van der Waals surface area contributed by atoms with E-state index < -0.39 is 5.97 Å². The average Bonchev–Trinajstić information content (AvgIpc) is 2.93. The monoisotopic (exact) mass is 406 g/mol. The molecule has 8 heteroatoms. The minimum atomic E-state index is -0.582. The van der Waals surface area contributed by atoms with E-state index >= 15 is 0 Å². The number of aromatic nitrogens is 1. The highest BCUT2D eigenvalue weighted by molar-refractivity contribution is 7.07. The lowest BCUT2D eigenvalue weighted by Gasteiger charge is -2.18. The number of carbonyl (C=O) groups excluding carboxylic acids is 2. The molecule has 2 rings (SSSR count). The Labute approximate surface area is 166 Å². The Morgan fingerprint density at radius 2 is 1.82 bits per heavy atom. The van der Waals surface area contributed by atoms with Crippen molar-refractivity contribution in [3.63, 3.8) is 0 Å². The molecule has 0 saturated heterocycles. The Morgan fingerprint density at radius 3 is 2.39 bits per heavy atom. The van der Waals surface area contributed by atoms with Crippen molar-refractivity contribution < 1.29 is 18.7 Å². The summed E-state index contributed by atoms with van der Waals surface area (Å²) < 4.78 is 20.0. The van der Waals surface area contributed by atoms with Crippen LogP contribution in [0.25, 0.3) is 12.2 Å². The van der Waals surface area contributed by atoms with Crippen LogP contribution in [0.15, 0.2) is 29.1 Å². The van der Waals surface area contributed by atoms with Crippen LogP contribution >= 0.6 is 11.3 Å². The van der Waals surface area contributed by atoms with Crippen LogP contribution in [0.4, 0.5) is 4.39 Å². The number of ether oxygens (including phenoxy) is 1. The second kappa shape index (κ2) is 9.98. The van der Waals surface area contributed by atoms with E-state index in [4.69, 9.17) is 4.74 Å². The molecular formula is C20H23FN2O4S. The van der Waals surface area contributed by atoms with E-state index in [2.05, 4.69) is 0 Å². The van der Waals surface area contributed by atoms with Gasteiger partial charge in [-0.05, 0) is 44.5 Å². The lowest BCUT2D eigenvalue weighted by Crippen LogP contribution is -2.40. The summed E-state index contributed by atoms with van der Waals surface area (Å²) >= 11 is 1.08. The Kier molecular flexibility index (Phi) is 7.69. The van der Waals surface area contributed by atoms with Crippen molar-refractivity contribution in [3.8, 4) is 0 Å². The molecule has 0 aliphatic carbocycles. The molecule has 0 aliphatic rings. The smallest absolute Gasteiger partial charge is 0.333 e. The molecule has 1 aromatic heterocycles. The third-order valence-electron chi connectivity index (χ3n) is 4.04. The Morgan fingerprint density at radius 1 is 1.18 bits per heavy atom. The zero-order valence-corrected chi connectivity index (χ0v) is 16.9. The summed E-state index contributed by atoms with van der Waals surface area (Å²) in [4.78, 5) is 38.8. The number of benzene rings is 1. The summed E-state index contributed by atoms with van der Waals surface area (Å²) in [6, 6.07) is 5.70. The van der Waals surface area contributed by atoms with Crippen molar-refractivity contribution in [2.75, 3.05) is 19.7 Å². The summed E-state index contributed by atoms with van der Waals surface area (Å²) in [7, 11) is 0. The molecule has 150 valence electrons. The van der Waals surface area contributed by atoms with Gasteiger partial charge in [0.25, 0.3) is 5.56 Å². The van der Waals surface area contributed by atoms with Crippen LogP contribution in [0.1, 0.15) is 26.3 Å². The standard InChI is InChI=1S/C20H23FN2O4S/c1-4-22(5-2)17(24)13-23-18(12-19(25)27-6-3)28-16(20(23)26)11-14-7-9-15(21)10-8-14/h7-12H,4-6,13H2,1-3H3/b16-11-,18-12-. The van der Waals surface area contributed by atoms with Crippen LogP contribution in [0.3, 0.4) is 0 Å². The largest absolute Gasteiger partial charge is 0.463 e. The molecule has 0 fully saturated rings. The fourth-order valence-electron chi connectivity index (χ4n) is 2.60. The van der Waals surface area contributed by atoms with Crippen LogP contribution in [0.2, 0.25) is 0 Å². The van der Waals surface area contributed by atoms with E-state index in [1.165, 1.54) is 22.8 Å². The molecule has 0 N–H and O–H groups in total. The predicted molar refractivity (Wildman–Crippen MR) is 107 cm³/mol. The number of amides is 1. The van der Waals surface area contributed by atoms with Gasteiger partial charge < -0.3 is 9.64 Å². The number of rotatable bonds is 7. The fourth-order valence-corrected chi connectivity index (χ4v) is 3.63. The summed E-state index contributed by atoms with van der Waals surface area (Å²) in [6.07, 6.45) is 2.82. The highest BCUT2D eigenvalue weighted by atomic mass is 32.1. The van der Waals surface area contributed by atoms with Crippen molar-refractivity contribution in [3.05, 3.63) is 55.2 Å². The fraction of sp³-hybridized carbons (Fsp3) is 0.350. The van der Waals surface area contributed by atoms with Gasteiger partial charge >= 0.3 is 5.97 Å². The molecule has 1 heterocycles. The number of likely N-dealkylation sites (N-methyl/N-ethyl adjacent to an activating group) is 1. The number of nitrogens with zero attached hydrogens (tertiary/aromatic N) is 2. The van der Waals surface area contributed by atoms with Crippen molar-refractivity contribution in [1.29, 1.82) is 0 Å². The summed E-state index contributed by atoms with van der Waals surface area (Å²) in [6.45, 7) is 6.50. The normalized spacial score (nSPS) is 12.3. The van der Waals surface area contributed by atoms with Crippen LogP contribution in [0, 0.1) is 5.82 Å². The van der Waals surface area contributed by atoms with Gasteiger partial charge in [-0.25, -0.2) is 9.18 Å². The second-order valence-corrected chi connectivity index (χ2v) is 6.92. The van der Waals surface area contributed by atoms with Gasteiger partial charge in [-0.1, -0.05) is 12.1 Å². The number of carbonyl (C=O) groups is 2. The highest BCUT2D eigenvalue weighted by Gasteiger charge is 2.14. The van der Waals surface area contributed by atoms with Crippen molar-refractivity contribution in [1.82, 2.24) is 9.47 Å². The minimum Gasteiger partial charge on any atom is -0.463 e. The molecule has 1 amide bonds. The summed E-state index contributed by atoms with van der Waals surface area (Å²) in [5.74, 6) is -1.17. The maximum absolute atomic E-state index is 13.1. The molecule has 0 aliphatic heterocycles. The predicted octanol–water partition coefficient (Wildman–Crippen LogP) is 1.09. The molecule has 0 unspecified atom stereocenters. The first-order valence-electron chi connectivity index (χ1n) is 9.02. The summed E-state index contributed by atoms with van der Waals surface area (Å²) in [5, 5.41) is 0. The number of esters is 1. The van der Waals surface area contributed by atoms with Gasteiger partial charge in [-0.3, -0.25) is 14.2 Å². The van der Waals surface area contributed by atoms with Crippen molar-refractivity contribution in [2.24, 2.45) is 0 Å². The van der Waals surface area contributed by atoms with E-state index in [0.717, 1.165) is 11.3 Å². The van der Waals surface area contributed by atoms with E-state index in [9.17, 15) is 18.8 Å². The molecular weight excluding hydrogens is 383 g/mol. The number of thiazole rings is 1. The van der Waals surface area contributed by atoms with Crippen molar-refractivity contribution >= 4 is 35.4 Å². The average molecular weight is 406 g/mol. The lowest BCUT2D eigenvalue weighted by molar-refractivity contribution is -0.135. The number of hydrogen-bond donors (Lipinski definition) is 0. The number of halogens is 1. The third-order valence-corrected chi connectivity index (χ3v) is 5.10. The SMILES string of the molecule is CCOC(=O)/C=c1\s/c(=C\c2ccc(F)cc2)c(=O)n1CC(=O)N(CC)CC. The van der Waals surface area contributed by atoms with Crippen LogP contribution in [0.5, 0.6) is 0 Å². The van der Waals surface area contributed by atoms with Gasteiger partial charge in [0.05, 0.1) is 17.2 Å². The van der Waals surface area contributed by atoms with Gasteiger partial charge in [0.15, 0.2) is 0 Å².